The van der Waals surface area contributed by atoms with E-state index >= 15 is 0 Å². The topological polar surface area (TPSA) is 57.5 Å². The van der Waals surface area contributed by atoms with E-state index < -0.39 is 11.6 Å². The van der Waals surface area contributed by atoms with Gasteiger partial charge in [0.05, 0.1) is 0 Å². The summed E-state index contributed by atoms with van der Waals surface area (Å²) in [7, 11) is 0. The Morgan fingerprint density at radius 1 is 0.861 bits per heavy atom. The molecule has 190 valence electrons. The summed E-state index contributed by atoms with van der Waals surface area (Å²) < 4.78 is -0.235. The lowest BCUT2D eigenvalue weighted by atomic mass is 9.62. The summed E-state index contributed by atoms with van der Waals surface area (Å²) in [6, 6.07) is 15.8. The molecular formula is C32H40NO3+. The summed E-state index contributed by atoms with van der Waals surface area (Å²) >= 11 is 0. The average Bonchev–Trinajstić information content (AvgIpc) is 3.20. The molecule has 0 spiro atoms. The van der Waals surface area contributed by atoms with Crippen LogP contribution in [0.3, 0.4) is 0 Å². The predicted octanol–water partition coefficient (Wildman–Crippen LogP) is 8.59. The molecule has 1 fully saturated rings. The molecule has 0 aromatic heterocycles. The molecule has 4 nitrogen and oxygen atoms in total. The molecule has 2 aliphatic rings. The third kappa shape index (κ3) is 4.67. The van der Waals surface area contributed by atoms with Crippen molar-refractivity contribution in [3.8, 4) is 5.75 Å². The van der Waals surface area contributed by atoms with E-state index in [-0.39, 0.29) is 21.1 Å². The normalized spacial score (nSPS) is 22.9. The van der Waals surface area contributed by atoms with Crippen molar-refractivity contribution >= 4 is 17.4 Å². The fourth-order valence-corrected chi connectivity index (χ4v) is 6.63. The first-order valence-electron chi connectivity index (χ1n) is 12.8. The van der Waals surface area contributed by atoms with Gasteiger partial charge in [0, 0.05) is 11.6 Å². The van der Waals surface area contributed by atoms with Crippen molar-refractivity contribution < 1.29 is 19.5 Å². The second-order valence-electron chi connectivity index (χ2n) is 13.0. The molecule has 1 heterocycles. The molecule has 2 N–H and O–H groups in total. The number of phenols is 1. The third-order valence-electron chi connectivity index (χ3n) is 7.62. The van der Waals surface area contributed by atoms with Gasteiger partial charge in [0.1, 0.15) is 17.5 Å². The maximum Gasteiger partial charge on any atom is 0.523 e. The summed E-state index contributed by atoms with van der Waals surface area (Å²) in [5.41, 5.74) is 6.38. The lowest BCUT2D eigenvalue weighted by molar-refractivity contribution is -0.783. The van der Waals surface area contributed by atoms with Crippen LogP contribution >= 0.6 is 0 Å². The number of aromatic hydroxyl groups is 1. The number of hydrogen-bond acceptors (Lipinski definition) is 2. The molecule has 36 heavy (non-hydrogen) atoms. The molecule has 4 rings (SSSR count). The van der Waals surface area contributed by atoms with Gasteiger partial charge in [-0.25, -0.2) is 0 Å². The van der Waals surface area contributed by atoms with Crippen LogP contribution in [0.5, 0.6) is 5.75 Å². The van der Waals surface area contributed by atoms with Gasteiger partial charge in [0.25, 0.3) is 0 Å². The summed E-state index contributed by atoms with van der Waals surface area (Å²) in [5, 5.41) is 20.2. The largest absolute Gasteiger partial charge is 0.523 e. The molecule has 1 amide bonds. The highest BCUT2D eigenvalue weighted by Crippen LogP contribution is 2.51. The first-order chi connectivity index (χ1) is 16.7. The molecule has 0 bridgehead atoms. The summed E-state index contributed by atoms with van der Waals surface area (Å²) in [5.74, 6) is 0.258. The van der Waals surface area contributed by atoms with Gasteiger partial charge < -0.3 is 10.2 Å². The molecular weight excluding hydrogens is 446 g/mol. The average molecular weight is 487 g/mol. The number of quaternary nitrogens is 1. The molecule has 1 aliphatic heterocycles. The molecule has 1 unspecified atom stereocenters. The van der Waals surface area contributed by atoms with Gasteiger partial charge in [-0.1, -0.05) is 57.5 Å². The highest BCUT2D eigenvalue weighted by Gasteiger charge is 2.52. The Morgan fingerprint density at radius 2 is 1.36 bits per heavy atom. The van der Waals surface area contributed by atoms with E-state index in [1.807, 2.05) is 45.1 Å². The van der Waals surface area contributed by atoms with Crippen LogP contribution in [-0.4, -0.2) is 26.3 Å². The predicted molar refractivity (Wildman–Crippen MR) is 147 cm³/mol. The summed E-state index contributed by atoms with van der Waals surface area (Å²) in [4.78, 5) is 12.5. The Kier molecular flexibility index (Phi) is 6.33. The van der Waals surface area contributed by atoms with Crippen molar-refractivity contribution in [2.24, 2.45) is 10.8 Å². The second kappa shape index (κ2) is 8.77. The minimum Gasteiger partial charge on any atom is -0.508 e. The van der Waals surface area contributed by atoms with Crippen molar-refractivity contribution in [3.63, 3.8) is 0 Å². The number of rotatable bonds is 3. The Balaban J connectivity index is 1.83. The zero-order chi connectivity index (χ0) is 26.5. The number of nitrogens with zero attached hydrogens (tertiary/aromatic N) is 1. The monoisotopic (exact) mass is 486 g/mol. The molecule has 1 atom stereocenters. The number of allylic oxidation sites excluding steroid dienone is 3. The number of carbonyl (C=O) groups is 1. The lowest BCUT2D eigenvalue weighted by Gasteiger charge is -2.43. The highest BCUT2D eigenvalue weighted by molar-refractivity contribution is 5.84. The summed E-state index contributed by atoms with van der Waals surface area (Å²) in [6.07, 6.45) is 7.86. The second-order valence-corrected chi connectivity index (χ2v) is 13.0. The van der Waals surface area contributed by atoms with Crippen LogP contribution in [0.25, 0.3) is 11.3 Å². The number of amides is 1. The number of carboxylic acid groups (broad SMARTS) is 1. The smallest absolute Gasteiger partial charge is 0.508 e. The zero-order valence-electron chi connectivity index (χ0n) is 22.7. The van der Waals surface area contributed by atoms with Crippen molar-refractivity contribution in [2.45, 2.75) is 73.3 Å². The maximum absolute atomic E-state index is 12.5. The van der Waals surface area contributed by atoms with Crippen LogP contribution in [0.2, 0.25) is 0 Å². The van der Waals surface area contributed by atoms with Crippen LogP contribution in [0, 0.1) is 10.8 Å². The standard InChI is InChI=1S/C32H39NO3/c1-30(2,3)33(29(35)36)18-8-9-27(33)22-10-12-23(13-11-22)28(24-14-16-26(34)17-15-24)25-19-31(4,5)21-32(6,7)20-25/h8-18H,19-21H2,1-7H3,(H-,34,35,36)/p+1. The van der Waals surface area contributed by atoms with Gasteiger partial charge in [0.15, 0.2) is 5.70 Å². The molecule has 4 heteroatoms. The maximum atomic E-state index is 12.5. The first-order valence-corrected chi connectivity index (χ1v) is 12.8. The molecule has 2 aromatic rings. The van der Waals surface area contributed by atoms with E-state index in [0.29, 0.717) is 0 Å². The van der Waals surface area contributed by atoms with Crippen LogP contribution in [0.4, 0.5) is 4.79 Å². The van der Waals surface area contributed by atoms with Crippen molar-refractivity contribution in [1.29, 1.82) is 0 Å². The fourth-order valence-electron chi connectivity index (χ4n) is 6.63. The van der Waals surface area contributed by atoms with E-state index in [9.17, 15) is 15.0 Å². The van der Waals surface area contributed by atoms with Gasteiger partial charge in [-0.3, -0.25) is 0 Å². The van der Waals surface area contributed by atoms with E-state index in [2.05, 4.69) is 52.0 Å². The van der Waals surface area contributed by atoms with Crippen molar-refractivity contribution in [3.05, 3.63) is 89.1 Å². The minimum absolute atomic E-state index is 0.199. The number of hydrogen-bond donors (Lipinski definition) is 2. The van der Waals surface area contributed by atoms with E-state index in [4.69, 9.17) is 0 Å². The van der Waals surface area contributed by atoms with E-state index in [1.165, 1.54) is 17.6 Å². The molecule has 2 aromatic carbocycles. The van der Waals surface area contributed by atoms with Crippen molar-refractivity contribution in [1.82, 2.24) is 0 Å². The van der Waals surface area contributed by atoms with Gasteiger partial charge in [-0.15, -0.1) is 0 Å². The fraction of sp³-hybridized carbons (Fsp3) is 0.406. The van der Waals surface area contributed by atoms with Crippen molar-refractivity contribution in [2.75, 3.05) is 0 Å². The molecule has 0 saturated heterocycles. The van der Waals surface area contributed by atoms with Crippen LogP contribution < -0.4 is 0 Å². The van der Waals surface area contributed by atoms with Gasteiger partial charge in [0.2, 0.25) is 0 Å². The summed E-state index contributed by atoms with van der Waals surface area (Å²) in [6.45, 7) is 15.3. The molecule has 0 radical (unpaired) electrons. The van der Waals surface area contributed by atoms with Crippen LogP contribution in [-0.2, 0) is 0 Å². The lowest BCUT2D eigenvalue weighted by Crippen LogP contribution is -2.56. The quantitative estimate of drug-likeness (QED) is 0.427. The Labute approximate surface area is 215 Å². The van der Waals surface area contributed by atoms with Gasteiger partial charge >= 0.3 is 6.09 Å². The van der Waals surface area contributed by atoms with Gasteiger partial charge in [-0.05, 0) is 97.9 Å². The van der Waals surface area contributed by atoms with Gasteiger partial charge in [-0.2, -0.15) is 9.28 Å². The Morgan fingerprint density at radius 3 is 1.83 bits per heavy atom. The zero-order valence-corrected chi connectivity index (χ0v) is 22.7. The Bertz CT molecular complexity index is 1230. The number of benzene rings is 2. The first kappa shape index (κ1) is 26.0. The highest BCUT2D eigenvalue weighted by atomic mass is 16.4. The molecule has 1 aliphatic carbocycles. The Hall–Kier alpha value is -3.11. The number of phenolic OH excluding ortho intramolecular Hbond substituents is 1. The van der Waals surface area contributed by atoms with E-state index in [0.717, 1.165) is 35.2 Å². The molecule has 1 saturated carbocycles. The third-order valence-corrected chi connectivity index (χ3v) is 7.62. The SMILES string of the molecule is CC1(C)CC(=C(c2ccc(O)cc2)c2ccc(C3=CC=C[N+]3(C(=O)O)C(C)(C)C)cc2)CC(C)(C)C1. The minimum atomic E-state index is -0.884. The van der Waals surface area contributed by atoms with Crippen LogP contribution in [0.1, 0.15) is 84.4 Å². The van der Waals surface area contributed by atoms with E-state index in [1.54, 1.807) is 18.3 Å². The van der Waals surface area contributed by atoms with Crippen LogP contribution in [0.15, 0.2) is 72.5 Å².